The van der Waals surface area contributed by atoms with Crippen molar-refractivity contribution < 1.29 is 18.4 Å². The van der Waals surface area contributed by atoms with Crippen molar-refractivity contribution in [1.29, 1.82) is 0 Å². The summed E-state index contributed by atoms with van der Waals surface area (Å²) in [6.07, 6.45) is 1.67. The van der Waals surface area contributed by atoms with Gasteiger partial charge in [-0.05, 0) is 36.8 Å². The van der Waals surface area contributed by atoms with Gasteiger partial charge in [0.1, 0.15) is 11.6 Å². The second-order valence-electron chi connectivity index (χ2n) is 5.73. The van der Waals surface area contributed by atoms with Crippen LogP contribution in [-0.2, 0) is 16.1 Å². The third kappa shape index (κ3) is 3.41. The van der Waals surface area contributed by atoms with Gasteiger partial charge in [-0.3, -0.25) is 9.59 Å². The molecule has 23 heavy (non-hydrogen) atoms. The highest BCUT2D eigenvalue weighted by Crippen LogP contribution is 2.23. The molecule has 3 rings (SSSR count). The zero-order valence-corrected chi connectivity index (χ0v) is 12.7. The quantitative estimate of drug-likeness (QED) is 0.943. The van der Waals surface area contributed by atoms with Crippen LogP contribution >= 0.6 is 0 Å². The van der Waals surface area contributed by atoms with Gasteiger partial charge in [0, 0.05) is 13.0 Å². The van der Waals surface area contributed by atoms with Crippen LogP contribution < -0.4 is 5.32 Å². The van der Waals surface area contributed by atoms with E-state index in [4.69, 9.17) is 4.42 Å². The molecule has 1 aromatic carbocycles. The Kier molecular flexibility index (Phi) is 4.14. The van der Waals surface area contributed by atoms with Crippen LogP contribution in [0.2, 0.25) is 0 Å². The van der Waals surface area contributed by atoms with Gasteiger partial charge < -0.3 is 14.6 Å². The largest absolute Gasteiger partial charge is 0.467 e. The number of aryl methyl sites for hydroxylation is 1. The van der Waals surface area contributed by atoms with E-state index in [1.165, 1.54) is 6.07 Å². The van der Waals surface area contributed by atoms with Gasteiger partial charge in [-0.15, -0.1) is 0 Å². The van der Waals surface area contributed by atoms with E-state index in [2.05, 4.69) is 5.32 Å². The van der Waals surface area contributed by atoms with Gasteiger partial charge in [-0.1, -0.05) is 6.07 Å². The average Bonchev–Trinajstić information content (AvgIpc) is 3.14. The van der Waals surface area contributed by atoms with Crippen LogP contribution in [0.25, 0.3) is 0 Å². The van der Waals surface area contributed by atoms with E-state index in [-0.39, 0.29) is 23.9 Å². The Hall–Kier alpha value is -2.63. The molecule has 2 amide bonds. The lowest BCUT2D eigenvalue weighted by molar-refractivity contribution is -0.128. The van der Waals surface area contributed by atoms with E-state index in [1.807, 2.05) is 6.92 Å². The topological polar surface area (TPSA) is 62.6 Å². The molecule has 1 aromatic heterocycles. The number of likely N-dealkylation sites (tertiary alicyclic amines) is 1. The van der Waals surface area contributed by atoms with Gasteiger partial charge in [0.05, 0.1) is 24.4 Å². The molecule has 1 fully saturated rings. The van der Waals surface area contributed by atoms with Crippen molar-refractivity contribution in [3.8, 4) is 0 Å². The molecule has 2 aromatic rings. The molecule has 0 saturated carbocycles. The molecule has 1 atom stereocenters. The zero-order chi connectivity index (χ0) is 16.4. The molecule has 6 heteroatoms. The Labute approximate surface area is 133 Å². The van der Waals surface area contributed by atoms with Crippen molar-refractivity contribution >= 4 is 17.5 Å². The number of nitrogens with zero attached hydrogens (tertiary/aromatic N) is 1. The van der Waals surface area contributed by atoms with Crippen LogP contribution in [0.3, 0.4) is 0 Å². The Balaban J connectivity index is 1.64. The number of carbonyl (C=O) groups is 2. The number of carbonyl (C=O) groups excluding carboxylic acids is 2. The molecule has 120 valence electrons. The summed E-state index contributed by atoms with van der Waals surface area (Å²) in [6.45, 7) is 2.46. The van der Waals surface area contributed by atoms with Crippen LogP contribution in [0.1, 0.15) is 17.7 Å². The second kappa shape index (κ2) is 6.24. The third-order valence-corrected chi connectivity index (χ3v) is 3.89. The number of hydrogen-bond acceptors (Lipinski definition) is 3. The summed E-state index contributed by atoms with van der Waals surface area (Å²) in [5.41, 5.74) is 0.996. The highest BCUT2D eigenvalue weighted by Gasteiger charge is 2.34. The van der Waals surface area contributed by atoms with Crippen LogP contribution in [0.5, 0.6) is 0 Å². The first-order valence-corrected chi connectivity index (χ1v) is 7.40. The molecule has 1 aliphatic rings. The summed E-state index contributed by atoms with van der Waals surface area (Å²) in [6, 6.07) is 8.05. The number of rotatable bonds is 4. The number of halogens is 1. The number of anilines is 1. The zero-order valence-electron chi connectivity index (χ0n) is 12.7. The first-order valence-electron chi connectivity index (χ1n) is 7.40. The number of amides is 2. The van der Waals surface area contributed by atoms with Gasteiger partial charge in [-0.2, -0.15) is 0 Å². The predicted molar refractivity (Wildman–Crippen MR) is 82.0 cm³/mol. The monoisotopic (exact) mass is 316 g/mol. The Morgan fingerprint density at radius 1 is 1.43 bits per heavy atom. The van der Waals surface area contributed by atoms with Crippen molar-refractivity contribution in [3.63, 3.8) is 0 Å². The summed E-state index contributed by atoms with van der Waals surface area (Å²) >= 11 is 0. The van der Waals surface area contributed by atoms with Gasteiger partial charge in [0.15, 0.2) is 0 Å². The molecule has 1 aliphatic heterocycles. The van der Waals surface area contributed by atoms with E-state index in [0.717, 1.165) is 5.56 Å². The molecule has 1 unspecified atom stereocenters. The van der Waals surface area contributed by atoms with Gasteiger partial charge in [0.2, 0.25) is 11.8 Å². The summed E-state index contributed by atoms with van der Waals surface area (Å²) in [7, 11) is 0. The minimum Gasteiger partial charge on any atom is -0.467 e. The number of nitrogens with one attached hydrogen (secondary N) is 1. The van der Waals surface area contributed by atoms with Crippen molar-refractivity contribution in [2.45, 2.75) is 19.9 Å². The fourth-order valence-corrected chi connectivity index (χ4v) is 2.66. The second-order valence-corrected chi connectivity index (χ2v) is 5.73. The third-order valence-electron chi connectivity index (χ3n) is 3.89. The van der Waals surface area contributed by atoms with Crippen molar-refractivity contribution in [2.24, 2.45) is 5.92 Å². The Morgan fingerprint density at radius 3 is 3.00 bits per heavy atom. The maximum Gasteiger partial charge on any atom is 0.229 e. The van der Waals surface area contributed by atoms with Crippen LogP contribution in [0.15, 0.2) is 41.0 Å². The maximum atomic E-state index is 13.7. The minimum absolute atomic E-state index is 0.105. The smallest absolute Gasteiger partial charge is 0.229 e. The van der Waals surface area contributed by atoms with E-state index < -0.39 is 11.7 Å². The lowest BCUT2D eigenvalue weighted by Crippen LogP contribution is -2.28. The first-order chi connectivity index (χ1) is 11.0. The number of benzene rings is 1. The number of hydrogen-bond donors (Lipinski definition) is 1. The van der Waals surface area contributed by atoms with Crippen LogP contribution in [-0.4, -0.2) is 23.3 Å². The molecule has 2 heterocycles. The average molecular weight is 316 g/mol. The normalized spacial score (nSPS) is 17.6. The maximum absolute atomic E-state index is 13.7. The highest BCUT2D eigenvalue weighted by molar-refractivity contribution is 5.97. The van der Waals surface area contributed by atoms with E-state index in [1.54, 1.807) is 35.4 Å². The molecular formula is C17H17FN2O3. The van der Waals surface area contributed by atoms with E-state index >= 15 is 0 Å². The molecular weight excluding hydrogens is 299 g/mol. The highest BCUT2D eigenvalue weighted by atomic mass is 19.1. The Morgan fingerprint density at radius 2 is 2.26 bits per heavy atom. The lowest BCUT2D eigenvalue weighted by atomic mass is 10.1. The fraction of sp³-hybridized carbons (Fsp3) is 0.294. The number of furan rings is 1. The summed E-state index contributed by atoms with van der Waals surface area (Å²) < 4.78 is 18.9. The van der Waals surface area contributed by atoms with Crippen molar-refractivity contribution in [1.82, 2.24) is 4.90 Å². The van der Waals surface area contributed by atoms with Crippen molar-refractivity contribution in [3.05, 3.63) is 53.7 Å². The lowest BCUT2D eigenvalue weighted by Gasteiger charge is -2.15. The molecule has 5 nitrogen and oxygen atoms in total. The SMILES string of the molecule is Cc1ccc(F)c(NC(=O)C2CC(=O)N(Cc3ccco3)C2)c1. The fourth-order valence-electron chi connectivity index (χ4n) is 2.66. The Bertz CT molecular complexity index is 727. The van der Waals surface area contributed by atoms with Crippen molar-refractivity contribution in [2.75, 3.05) is 11.9 Å². The summed E-state index contributed by atoms with van der Waals surface area (Å²) in [5.74, 6) is -0.752. The van der Waals surface area contributed by atoms with Gasteiger partial charge in [0.25, 0.3) is 0 Å². The van der Waals surface area contributed by atoms with Crippen LogP contribution in [0.4, 0.5) is 10.1 Å². The van der Waals surface area contributed by atoms with Gasteiger partial charge in [-0.25, -0.2) is 4.39 Å². The van der Waals surface area contributed by atoms with E-state index in [0.29, 0.717) is 18.8 Å². The van der Waals surface area contributed by atoms with E-state index in [9.17, 15) is 14.0 Å². The standard InChI is InChI=1S/C17H17FN2O3/c1-11-4-5-14(18)15(7-11)19-17(22)12-8-16(21)20(9-12)10-13-3-2-6-23-13/h2-7,12H,8-10H2,1H3,(H,19,22). The molecule has 0 spiro atoms. The summed E-state index contributed by atoms with van der Waals surface area (Å²) in [4.78, 5) is 25.9. The molecule has 0 bridgehead atoms. The first kappa shape index (κ1) is 15.3. The summed E-state index contributed by atoms with van der Waals surface area (Å²) in [5, 5.41) is 2.58. The molecule has 0 aliphatic carbocycles. The van der Waals surface area contributed by atoms with Crippen LogP contribution in [0, 0.1) is 18.7 Å². The minimum atomic E-state index is -0.489. The molecule has 1 N–H and O–H groups in total. The predicted octanol–water partition coefficient (Wildman–Crippen LogP) is 2.71. The molecule has 1 saturated heterocycles. The molecule has 0 radical (unpaired) electrons. The van der Waals surface area contributed by atoms with Gasteiger partial charge >= 0.3 is 0 Å².